The van der Waals surface area contributed by atoms with Gasteiger partial charge in [-0.05, 0) is 18.8 Å². The fraction of sp³-hybridized carbons (Fsp3) is 0.875. The van der Waals surface area contributed by atoms with Gasteiger partial charge in [0, 0.05) is 19.1 Å². The molecule has 2 atom stereocenters. The van der Waals surface area contributed by atoms with Gasteiger partial charge in [-0.2, -0.15) is 0 Å². The first-order chi connectivity index (χ1) is 5.77. The second kappa shape index (κ2) is 4.40. The Morgan fingerprint density at radius 1 is 1.58 bits per heavy atom. The van der Waals surface area contributed by atoms with Gasteiger partial charge >= 0.3 is 0 Å². The van der Waals surface area contributed by atoms with E-state index in [1.165, 1.54) is 0 Å². The summed E-state index contributed by atoms with van der Waals surface area (Å²) in [6.45, 7) is -0.338. The van der Waals surface area contributed by atoms with Crippen LogP contribution >= 0.6 is 0 Å². The minimum atomic E-state index is -0.387. The van der Waals surface area contributed by atoms with Gasteiger partial charge in [-0.25, -0.2) is 0 Å². The molecule has 1 aliphatic heterocycles. The Balaban J connectivity index is 2.41. The van der Waals surface area contributed by atoms with Crippen LogP contribution in [0.25, 0.3) is 0 Å². The molecule has 12 heavy (non-hydrogen) atoms. The SMILES string of the molecule is O=C1CC(CCF)C(CCO)N1. The van der Waals surface area contributed by atoms with Crippen molar-refractivity contribution < 1.29 is 14.3 Å². The van der Waals surface area contributed by atoms with E-state index in [1.54, 1.807) is 0 Å². The zero-order chi connectivity index (χ0) is 8.97. The smallest absolute Gasteiger partial charge is 0.220 e. The summed E-state index contributed by atoms with van der Waals surface area (Å²) in [4.78, 5) is 10.9. The summed E-state index contributed by atoms with van der Waals surface area (Å²) in [5.74, 6) is 0.0570. The molecular weight excluding hydrogens is 161 g/mol. The summed E-state index contributed by atoms with van der Waals surface area (Å²) in [7, 11) is 0. The molecule has 0 radical (unpaired) electrons. The molecule has 2 N–H and O–H groups in total. The van der Waals surface area contributed by atoms with E-state index in [0.717, 1.165) is 0 Å². The molecule has 0 bridgehead atoms. The van der Waals surface area contributed by atoms with E-state index in [0.29, 0.717) is 19.3 Å². The molecule has 0 aromatic rings. The molecule has 0 saturated carbocycles. The van der Waals surface area contributed by atoms with Crippen molar-refractivity contribution in [1.29, 1.82) is 0 Å². The number of nitrogens with one attached hydrogen (secondary N) is 1. The summed E-state index contributed by atoms with van der Waals surface area (Å²) in [6, 6.07) is -0.0155. The Morgan fingerprint density at radius 3 is 2.92 bits per heavy atom. The van der Waals surface area contributed by atoms with Crippen LogP contribution in [0.5, 0.6) is 0 Å². The molecule has 2 unspecified atom stereocenters. The highest BCUT2D eigenvalue weighted by Crippen LogP contribution is 2.22. The van der Waals surface area contributed by atoms with Crippen LogP contribution in [-0.2, 0) is 4.79 Å². The number of carbonyl (C=O) groups excluding carboxylic acids is 1. The van der Waals surface area contributed by atoms with Gasteiger partial charge in [0.25, 0.3) is 0 Å². The molecule has 70 valence electrons. The van der Waals surface area contributed by atoms with Crippen LogP contribution in [0.1, 0.15) is 19.3 Å². The molecule has 1 saturated heterocycles. The maximum Gasteiger partial charge on any atom is 0.220 e. The van der Waals surface area contributed by atoms with E-state index in [4.69, 9.17) is 5.11 Å². The van der Waals surface area contributed by atoms with Gasteiger partial charge in [0.1, 0.15) is 0 Å². The minimum Gasteiger partial charge on any atom is -0.396 e. The lowest BCUT2D eigenvalue weighted by Gasteiger charge is -2.15. The Bertz CT molecular complexity index is 147. The van der Waals surface area contributed by atoms with Crippen LogP contribution in [0.15, 0.2) is 0 Å². The number of aliphatic hydroxyl groups excluding tert-OH is 1. The molecule has 1 fully saturated rings. The van der Waals surface area contributed by atoms with Crippen LogP contribution in [0.3, 0.4) is 0 Å². The van der Waals surface area contributed by atoms with Crippen molar-refractivity contribution in [2.75, 3.05) is 13.3 Å². The van der Waals surface area contributed by atoms with E-state index in [1.807, 2.05) is 0 Å². The molecule has 1 aliphatic rings. The second-order valence-electron chi connectivity index (χ2n) is 3.13. The molecule has 0 aromatic heterocycles. The number of aliphatic hydroxyl groups is 1. The zero-order valence-electron chi connectivity index (χ0n) is 6.92. The van der Waals surface area contributed by atoms with Crippen LogP contribution in [0.2, 0.25) is 0 Å². The van der Waals surface area contributed by atoms with Crippen LogP contribution in [0.4, 0.5) is 4.39 Å². The molecule has 1 rings (SSSR count). The fourth-order valence-corrected chi connectivity index (χ4v) is 1.65. The van der Waals surface area contributed by atoms with Gasteiger partial charge in [0.05, 0.1) is 6.67 Å². The Kier molecular flexibility index (Phi) is 3.47. The van der Waals surface area contributed by atoms with E-state index >= 15 is 0 Å². The highest BCUT2D eigenvalue weighted by Gasteiger charge is 2.31. The maximum atomic E-state index is 12.0. The molecular formula is C8H14FNO2. The minimum absolute atomic E-state index is 0.0155. The Morgan fingerprint density at radius 2 is 2.33 bits per heavy atom. The van der Waals surface area contributed by atoms with Crippen LogP contribution in [-0.4, -0.2) is 30.3 Å². The number of carbonyl (C=O) groups is 1. The summed E-state index contributed by atoms with van der Waals surface area (Å²) >= 11 is 0. The molecule has 4 heteroatoms. The molecule has 3 nitrogen and oxygen atoms in total. The first-order valence-electron chi connectivity index (χ1n) is 4.24. The predicted octanol–water partition coefficient (Wildman–Crippen LogP) is 0.233. The lowest BCUT2D eigenvalue weighted by Crippen LogP contribution is -2.30. The van der Waals surface area contributed by atoms with Gasteiger partial charge in [-0.15, -0.1) is 0 Å². The quantitative estimate of drug-likeness (QED) is 0.642. The van der Waals surface area contributed by atoms with Gasteiger partial charge in [-0.1, -0.05) is 0 Å². The third kappa shape index (κ3) is 2.17. The van der Waals surface area contributed by atoms with Crippen molar-refractivity contribution >= 4 is 5.91 Å². The topological polar surface area (TPSA) is 49.3 Å². The number of alkyl halides is 1. The van der Waals surface area contributed by atoms with Crippen molar-refractivity contribution in [3.05, 3.63) is 0 Å². The summed E-state index contributed by atoms with van der Waals surface area (Å²) in [5, 5.41) is 11.4. The molecule has 1 amide bonds. The lowest BCUT2D eigenvalue weighted by molar-refractivity contribution is -0.119. The highest BCUT2D eigenvalue weighted by atomic mass is 19.1. The van der Waals surface area contributed by atoms with Crippen molar-refractivity contribution in [1.82, 2.24) is 5.32 Å². The average molecular weight is 175 g/mol. The van der Waals surface area contributed by atoms with E-state index in [9.17, 15) is 9.18 Å². The van der Waals surface area contributed by atoms with Gasteiger partial charge in [0.2, 0.25) is 5.91 Å². The number of hydrogen-bond acceptors (Lipinski definition) is 2. The Labute approximate surface area is 71.0 Å². The largest absolute Gasteiger partial charge is 0.396 e. The van der Waals surface area contributed by atoms with Gasteiger partial charge < -0.3 is 10.4 Å². The van der Waals surface area contributed by atoms with Gasteiger partial charge in [0.15, 0.2) is 0 Å². The van der Waals surface area contributed by atoms with Crippen molar-refractivity contribution in [2.24, 2.45) is 5.92 Å². The standard InChI is InChI=1S/C8H14FNO2/c9-3-1-6-5-8(12)10-7(6)2-4-11/h6-7,11H,1-5H2,(H,10,12). The van der Waals surface area contributed by atoms with Crippen LogP contribution in [0, 0.1) is 5.92 Å². The number of halogens is 1. The zero-order valence-corrected chi connectivity index (χ0v) is 6.92. The first kappa shape index (κ1) is 9.45. The number of amides is 1. The van der Waals surface area contributed by atoms with Crippen molar-refractivity contribution in [3.63, 3.8) is 0 Å². The maximum absolute atomic E-state index is 12.0. The van der Waals surface area contributed by atoms with Gasteiger partial charge in [-0.3, -0.25) is 9.18 Å². The average Bonchev–Trinajstić information content (AvgIpc) is 2.33. The summed E-state index contributed by atoms with van der Waals surface area (Å²) < 4.78 is 12.0. The molecule has 0 aromatic carbocycles. The normalized spacial score (nSPS) is 29.0. The molecule has 1 heterocycles. The number of rotatable bonds is 4. The summed E-state index contributed by atoms with van der Waals surface area (Å²) in [6.07, 6.45) is 1.37. The monoisotopic (exact) mass is 175 g/mol. The first-order valence-corrected chi connectivity index (χ1v) is 4.24. The van der Waals surface area contributed by atoms with Crippen LogP contribution < -0.4 is 5.32 Å². The van der Waals surface area contributed by atoms with E-state index in [-0.39, 0.29) is 31.1 Å². The summed E-state index contributed by atoms with van der Waals surface area (Å²) in [5.41, 5.74) is 0. The third-order valence-corrected chi connectivity index (χ3v) is 2.28. The second-order valence-corrected chi connectivity index (χ2v) is 3.13. The van der Waals surface area contributed by atoms with Crippen molar-refractivity contribution in [3.8, 4) is 0 Å². The lowest BCUT2D eigenvalue weighted by atomic mass is 9.95. The van der Waals surface area contributed by atoms with Crippen molar-refractivity contribution in [2.45, 2.75) is 25.3 Å². The van der Waals surface area contributed by atoms with E-state index < -0.39 is 0 Å². The fourth-order valence-electron chi connectivity index (χ4n) is 1.65. The highest BCUT2D eigenvalue weighted by molar-refractivity contribution is 5.78. The number of hydrogen-bond donors (Lipinski definition) is 2. The molecule has 0 aliphatic carbocycles. The Hall–Kier alpha value is -0.640. The van der Waals surface area contributed by atoms with E-state index in [2.05, 4.69) is 5.32 Å². The molecule has 0 spiro atoms. The predicted molar refractivity (Wildman–Crippen MR) is 42.3 cm³/mol. The third-order valence-electron chi connectivity index (χ3n) is 2.28.